The lowest BCUT2D eigenvalue weighted by Gasteiger charge is -2.27. The molecule has 2 rings (SSSR count). The third-order valence-corrected chi connectivity index (χ3v) is 4.36. The van der Waals surface area contributed by atoms with Gasteiger partial charge < -0.3 is 14.9 Å². The molecule has 2 fully saturated rings. The monoisotopic (exact) mass is 268 g/mol. The number of carbonyl (C=O) groups is 2. The number of carboxylic acid groups (broad SMARTS) is 1. The maximum absolute atomic E-state index is 12.3. The van der Waals surface area contributed by atoms with Crippen LogP contribution in [0.1, 0.15) is 39.0 Å². The quantitative estimate of drug-likeness (QED) is 0.830. The normalized spacial score (nSPS) is 26.5. The van der Waals surface area contributed by atoms with Crippen molar-refractivity contribution in [2.75, 3.05) is 26.7 Å². The molecule has 1 atom stereocenters. The van der Waals surface area contributed by atoms with E-state index in [1.165, 1.54) is 12.8 Å². The van der Waals surface area contributed by atoms with E-state index in [4.69, 9.17) is 0 Å². The van der Waals surface area contributed by atoms with E-state index in [0.29, 0.717) is 31.8 Å². The number of amides is 2. The van der Waals surface area contributed by atoms with Crippen LogP contribution in [0.4, 0.5) is 4.79 Å². The number of hydrogen-bond acceptors (Lipinski definition) is 2. The van der Waals surface area contributed by atoms with Crippen LogP contribution >= 0.6 is 0 Å². The van der Waals surface area contributed by atoms with Gasteiger partial charge in [-0.1, -0.05) is 13.3 Å². The Balaban J connectivity index is 1.95. The minimum Gasteiger partial charge on any atom is -0.481 e. The molecule has 1 unspecified atom stereocenters. The first-order chi connectivity index (χ1) is 8.98. The zero-order valence-electron chi connectivity index (χ0n) is 11.9. The van der Waals surface area contributed by atoms with Gasteiger partial charge in [0, 0.05) is 26.7 Å². The van der Waals surface area contributed by atoms with Crippen molar-refractivity contribution in [1.82, 2.24) is 9.80 Å². The van der Waals surface area contributed by atoms with Crippen molar-refractivity contribution >= 4 is 12.0 Å². The summed E-state index contributed by atoms with van der Waals surface area (Å²) in [4.78, 5) is 27.2. The van der Waals surface area contributed by atoms with Crippen molar-refractivity contribution in [3.8, 4) is 0 Å². The maximum Gasteiger partial charge on any atom is 0.319 e. The van der Waals surface area contributed by atoms with E-state index in [9.17, 15) is 14.7 Å². The molecule has 1 saturated heterocycles. The van der Waals surface area contributed by atoms with E-state index in [2.05, 4.69) is 0 Å². The molecule has 1 aliphatic heterocycles. The number of aliphatic carboxylic acids is 1. The van der Waals surface area contributed by atoms with Gasteiger partial charge in [0.2, 0.25) is 0 Å². The Kier molecular flexibility index (Phi) is 4.02. The second kappa shape index (κ2) is 5.39. The summed E-state index contributed by atoms with van der Waals surface area (Å²) >= 11 is 0. The standard InChI is InChI=1S/C14H24N2O3/c1-3-6-14(12(17)18)7-8-16(10-14)13(19)15(2)9-11-4-5-11/h11H,3-10H2,1-2H3,(H,17,18). The SMILES string of the molecule is CCCC1(C(=O)O)CCN(C(=O)N(C)CC2CC2)C1. The Hall–Kier alpha value is -1.26. The van der Waals surface area contributed by atoms with Crippen LogP contribution in [0.5, 0.6) is 0 Å². The van der Waals surface area contributed by atoms with Gasteiger partial charge in [0.1, 0.15) is 0 Å². The second-order valence-electron chi connectivity index (χ2n) is 6.11. The fraction of sp³-hybridized carbons (Fsp3) is 0.857. The van der Waals surface area contributed by atoms with Crippen molar-refractivity contribution in [2.24, 2.45) is 11.3 Å². The van der Waals surface area contributed by atoms with Gasteiger partial charge in [-0.05, 0) is 31.6 Å². The van der Waals surface area contributed by atoms with Crippen LogP contribution in [0.15, 0.2) is 0 Å². The molecule has 5 heteroatoms. The molecule has 0 radical (unpaired) electrons. The zero-order chi connectivity index (χ0) is 14.0. The second-order valence-corrected chi connectivity index (χ2v) is 6.11. The van der Waals surface area contributed by atoms with Gasteiger partial charge in [0.05, 0.1) is 5.41 Å². The third-order valence-electron chi connectivity index (χ3n) is 4.36. The van der Waals surface area contributed by atoms with Crippen LogP contribution < -0.4 is 0 Å². The average Bonchev–Trinajstić information content (AvgIpc) is 3.06. The molecule has 1 aliphatic carbocycles. The van der Waals surface area contributed by atoms with Crippen LogP contribution in [0.3, 0.4) is 0 Å². The number of rotatable bonds is 5. The molecule has 5 nitrogen and oxygen atoms in total. The van der Waals surface area contributed by atoms with E-state index in [1.807, 2.05) is 14.0 Å². The van der Waals surface area contributed by atoms with E-state index < -0.39 is 11.4 Å². The Bertz CT molecular complexity index is 368. The summed E-state index contributed by atoms with van der Waals surface area (Å²) in [6, 6.07) is -0.00821. The molecule has 0 aromatic rings. The lowest BCUT2D eigenvalue weighted by molar-refractivity contribution is -0.148. The Morgan fingerprint density at radius 3 is 2.63 bits per heavy atom. The Morgan fingerprint density at radius 1 is 1.42 bits per heavy atom. The number of likely N-dealkylation sites (tertiary alicyclic amines) is 1. The molecular weight excluding hydrogens is 244 g/mol. The molecule has 108 valence electrons. The summed E-state index contributed by atoms with van der Waals surface area (Å²) < 4.78 is 0. The van der Waals surface area contributed by atoms with Crippen LogP contribution in [-0.4, -0.2) is 53.6 Å². The third kappa shape index (κ3) is 3.01. The molecular formula is C14H24N2O3. The van der Waals surface area contributed by atoms with Crippen LogP contribution in [0, 0.1) is 11.3 Å². The molecule has 2 amide bonds. The van der Waals surface area contributed by atoms with E-state index in [1.54, 1.807) is 9.80 Å². The van der Waals surface area contributed by atoms with Crippen LogP contribution in [0.2, 0.25) is 0 Å². The zero-order valence-corrected chi connectivity index (χ0v) is 11.9. The summed E-state index contributed by atoms with van der Waals surface area (Å²) in [5.41, 5.74) is -0.717. The van der Waals surface area contributed by atoms with Crippen molar-refractivity contribution in [2.45, 2.75) is 39.0 Å². The fourth-order valence-corrected chi connectivity index (χ4v) is 3.01. The molecule has 2 aliphatic rings. The largest absolute Gasteiger partial charge is 0.481 e. The number of carboxylic acids is 1. The first-order valence-corrected chi connectivity index (χ1v) is 7.22. The summed E-state index contributed by atoms with van der Waals surface area (Å²) in [6.45, 7) is 3.74. The van der Waals surface area contributed by atoms with Gasteiger partial charge in [0.25, 0.3) is 0 Å². The highest BCUT2D eigenvalue weighted by Crippen LogP contribution is 2.36. The summed E-state index contributed by atoms with van der Waals surface area (Å²) in [6.07, 6.45) is 4.50. The summed E-state index contributed by atoms with van der Waals surface area (Å²) in [7, 11) is 1.82. The van der Waals surface area contributed by atoms with Gasteiger partial charge >= 0.3 is 12.0 Å². The predicted octanol–water partition coefficient (Wildman–Crippen LogP) is 2.03. The highest BCUT2D eigenvalue weighted by molar-refractivity contribution is 5.79. The number of carbonyl (C=O) groups excluding carboxylic acids is 1. The first kappa shape index (κ1) is 14.2. The van der Waals surface area contributed by atoms with E-state index in [0.717, 1.165) is 13.0 Å². The first-order valence-electron chi connectivity index (χ1n) is 7.22. The topological polar surface area (TPSA) is 60.9 Å². The van der Waals surface area contributed by atoms with Gasteiger partial charge in [0.15, 0.2) is 0 Å². The van der Waals surface area contributed by atoms with E-state index >= 15 is 0 Å². The highest BCUT2D eigenvalue weighted by atomic mass is 16.4. The Morgan fingerprint density at radius 2 is 2.11 bits per heavy atom. The summed E-state index contributed by atoms with van der Waals surface area (Å²) in [5.74, 6) is -0.0917. The lowest BCUT2D eigenvalue weighted by atomic mass is 9.83. The molecule has 1 N–H and O–H groups in total. The van der Waals surface area contributed by atoms with Crippen molar-refractivity contribution in [1.29, 1.82) is 0 Å². The Labute approximate surface area is 114 Å². The van der Waals surface area contributed by atoms with Gasteiger partial charge in [-0.2, -0.15) is 0 Å². The predicted molar refractivity (Wildman–Crippen MR) is 71.9 cm³/mol. The van der Waals surface area contributed by atoms with Gasteiger partial charge in [-0.3, -0.25) is 4.79 Å². The van der Waals surface area contributed by atoms with Crippen LogP contribution in [-0.2, 0) is 4.79 Å². The minimum atomic E-state index is -0.755. The minimum absolute atomic E-state index is 0.00821. The molecule has 0 spiro atoms. The molecule has 0 bridgehead atoms. The molecule has 0 aromatic heterocycles. The smallest absolute Gasteiger partial charge is 0.319 e. The lowest BCUT2D eigenvalue weighted by Crippen LogP contribution is -2.43. The van der Waals surface area contributed by atoms with Crippen molar-refractivity contribution in [3.05, 3.63) is 0 Å². The average molecular weight is 268 g/mol. The number of hydrogen-bond donors (Lipinski definition) is 1. The molecule has 19 heavy (non-hydrogen) atoms. The van der Waals surface area contributed by atoms with Crippen molar-refractivity contribution < 1.29 is 14.7 Å². The number of nitrogens with zero attached hydrogens (tertiary/aromatic N) is 2. The van der Waals surface area contributed by atoms with Gasteiger partial charge in [-0.25, -0.2) is 4.79 Å². The fourth-order valence-electron chi connectivity index (χ4n) is 3.01. The van der Waals surface area contributed by atoms with Crippen LogP contribution in [0.25, 0.3) is 0 Å². The molecule has 1 saturated carbocycles. The maximum atomic E-state index is 12.3. The van der Waals surface area contributed by atoms with Crippen molar-refractivity contribution in [3.63, 3.8) is 0 Å². The number of urea groups is 1. The summed E-state index contributed by atoms with van der Waals surface area (Å²) in [5, 5.41) is 9.44. The molecule has 0 aromatic carbocycles. The van der Waals surface area contributed by atoms with Gasteiger partial charge in [-0.15, -0.1) is 0 Å². The highest BCUT2D eigenvalue weighted by Gasteiger charge is 2.46. The van der Waals surface area contributed by atoms with E-state index in [-0.39, 0.29) is 6.03 Å². The molecule has 1 heterocycles.